The average Bonchev–Trinajstić information content (AvgIpc) is 2.87. The molecule has 0 aliphatic carbocycles. The van der Waals surface area contributed by atoms with Gasteiger partial charge in [-0.25, -0.2) is 8.78 Å². The van der Waals surface area contributed by atoms with Gasteiger partial charge in [0, 0.05) is 24.8 Å². The first-order chi connectivity index (χ1) is 11.1. The predicted octanol–water partition coefficient (Wildman–Crippen LogP) is 2.52. The van der Waals surface area contributed by atoms with Crippen LogP contribution in [-0.4, -0.2) is 47.7 Å². The SMILES string of the molecule is Cl.O=C(CN1C[C@@H](C(F)(F)F)[C@H](C(=O)O)C1)Nc1ccc(F)c(F)c1. The van der Waals surface area contributed by atoms with Gasteiger partial charge in [0.25, 0.3) is 0 Å². The first-order valence-electron chi connectivity index (χ1n) is 6.84. The summed E-state index contributed by atoms with van der Waals surface area (Å²) in [4.78, 5) is 23.8. The second-order valence-electron chi connectivity index (χ2n) is 5.46. The molecule has 1 saturated heterocycles. The van der Waals surface area contributed by atoms with E-state index in [1.807, 2.05) is 0 Å². The third-order valence-corrected chi connectivity index (χ3v) is 3.70. The van der Waals surface area contributed by atoms with Gasteiger partial charge in [0.2, 0.25) is 5.91 Å². The lowest BCUT2D eigenvalue weighted by atomic mass is 9.96. The molecule has 25 heavy (non-hydrogen) atoms. The number of hydrogen-bond acceptors (Lipinski definition) is 3. The van der Waals surface area contributed by atoms with Crippen molar-refractivity contribution in [3.8, 4) is 0 Å². The Bertz CT molecular complexity index is 656. The molecule has 11 heteroatoms. The number of alkyl halides is 3. The van der Waals surface area contributed by atoms with Crippen molar-refractivity contribution >= 4 is 30.0 Å². The lowest BCUT2D eigenvalue weighted by molar-refractivity contribution is -0.188. The first-order valence-corrected chi connectivity index (χ1v) is 6.84. The van der Waals surface area contributed by atoms with Gasteiger partial charge in [-0.3, -0.25) is 14.5 Å². The van der Waals surface area contributed by atoms with E-state index in [0.29, 0.717) is 0 Å². The Morgan fingerprint density at radius 1 is 1.20 bits per heavy atom. The van der Waals surface area contributed by atoms with E-state index in [-0.39, 0.29) is 18.1 Å². The number of carbonyl (C=O) groups excluding carboxylic acids is 1. The Morgan fingerprint density at radius 3 is 2.32 bits per heavy atom. The van der Waals surface area contributed by atoms with Gasteiger partial charge >= 0.3 is 12.1 Å². The van der Waals surface area contributed by atoms with Crippen LogP contribution in [0.3, 0.4) is 0 Å². The number of aliphatic carboxylic acids is 1. The second-order valence-corrected chi connectivity index (χ2v) is 5.46. The number of carboxylic acids is 1. The Morgan fingerprint density at radius 2 is 1.84 bits per heavy atom. The summed E-state index contributed by atoms with van der Waals surface area (Å²) in [5, 5.41) is 11.1. The van der Waals surface area contributed by atoms with Crippen LogP contribution in [0.25, 0.3) is 0 Å². The third kappa shape index (κ3) is 5.27. The molecule has 5 nitrogen and oxygen atoms in total. The topological polar surface area (TPSA) is 69.6 Å². The molecular weight excluding hydrogens is 375 g/mol. The van der Waals surface area contributed by atoms with Crippen LogP contribution in [0, 0.1) is 23.5 Å². The van der Waals surface area contributed by atoms with Gasteiger partial charge < -0.3 is 10.4 Å². The molecule has 0 spiro atoms. The number of amides is 1. The highest BCUT2D eigenvalue weighted by molar-refractivity contribution is 5.92. The minimum absolute atomic E-state index is 0. The zero-order valence-corrected chi connectivity index (χ0v) is 13.3. The van der Waals surface area contributed by atoms with Crippen LogP contribution in [0.5, 0.6) is 0 Å². The monoisotopic (exact) mass is 388 g/mol. The van der Waals surface area contributed by atoms with E-state index in [9.17, 15) is 31.5 Å². The van der Waals surface area contributed by atoms with E-state index in [4.69, 9.17) is 5.11 Å². The summed E-state index contributed by atoms with van der Waals surface area (Å²) in [5.74, 6) is -8.34. The fraction of sp³-hybridized carbons (Fsp3) is 0.429. The molecule has 1 fully saturated rings. The number of carbonyl (C=O) groups is 2. The number of anilines is 1. The number of nitrogens with one attached hydrogen (secondary N) is 1. The van der Waals surface area contributed by atoms with Crippen molar-refractivity contribution in [2.45, 2.75) is 6.18 Å². The standard InChI is InChI=1S/C14H13F5N2O3.ClH/c15-10-2-1-7(3-11(10)16)20-12(22)6-21-4-8(13(23)24)9(5-21)14(17,18)19;/h1-3,8-9H,4-6H2,(H,20,22)(H,23,24);1H/t8-,9-;/m1./s1. The summed E-state index contributed by atoms with van der Waals surface area (Å²) in [6.45, 7) is -1.54. The molecule has 1 heterocycles. The lowest BCUT2D eigenvalue weighted by Crippen LogP contribution is -2.34. The molecule has 140 valence electrons. The van der Waals surface area contributed by atoms with Crippen molar-refractivity contribution in [3.63, 3.8) is 0 Å². The number of rotatable bonds is 4. The number of halogens is 6. The maximum Gasteiger partial charge on any atom is 0.393 e. The Balaban J connectivity index is 0.00000312. The normalized spacial score (nSPS) is 20.8. The summed E-state index contributed by atoms with van der Waals surface area (Å²) in [6.07, 6.45) is -4.69. The highest BCUT2D eigenvalue weighted by Gasteiger charge is 2.52. The van der Waals surface area contributed by atoms with Crippen molar-refractivity contribution in [2.24, 2.45) is 11.8 Å². The Hall–Kier alpha value is -1.94. The number of likely N-dealkylation sites (tertiary alicyclic amines) is 1. The van der Waals surface area contributed by atoms with E-state index < -0.39 is 61.2 Å². The van der Waals surface area contributed by atoms with Crippen LogP contribution in [0.1, 0.15) is 0 Å². The molecule has 2 N–H and O–H groups in total. The number of nitrogens with zero attached hydrogens (tertiary/aromatic N) is 1. The Labute approximate surface area is 145 Å². The van der Waals surface area contributed by atoms with E-state index in [1.165, 1.54) is 0 Å². The van der Waals surface area contributed by atoms with Crippen molar-refractivity contribution in [1.29, 1.82) is 0 Å². The highest BCUT2D eigenvalue weighted by atomic mass is 35.5. The van der Waals surface area contributed by atoms with Crippen LogP contribution >= 0.6 is 12.4 Å². The second kappa shape index (κ2) is 7.96. The smallest absolute Gasteiger partial charge is 0.393 e. The molecule has 1 amide bonds. The van der Waals surface area contributed by atoms with Crippen LogP contribution < -0.4 is 5.32 Å². The lowest BCUT2D eigenvalue weighted by Gasteiger charge is -2.18. The number of hydrogen-bond donors (Lipinski definition) is 2. The van der Waals surface area contributed by atoms with E-state index in [2.05, 4.69) is 5.32 Å². The van der Waals surface area contributed by atoms with Gasteiger partial charge in [0.15, 0.2) is 11.6 Å². The number of carboxylic acid groups (broad SMARTS) is 1. The van der Waals surface area contributed by atoms with Gasteiger partial charge in [0.1, 0.15) is 0 Å². The van der Waals surface area contributed by atoms with E-state index in [0.717, 1.165) is 23.1 Å². The summed E-state index contributed by atoms with van der Waals surface area (Å²) in [6, 6.07) is 2.62. The predicted molar refractivity (Wildman–Crippen MR) is 79.3 cm³/mol. The van der Waals surface area contributed by atoms with Gasteiger partial charge in [-0.05, 0) is 12.1 Å². The van der Waals surface area contributed by atoms with Gasteiger partial charge in [-0.15, -0.1) is 12.4 Å². The molecular formula is C14H14ClF5N2O3. The quantitative estimate of drug-likeness (QED) is 0.778. The van der Waals surface area contributed by atoms with Crippen LogP contribution in [0.4, 0.5) is 27.6 Å². The highest BCUT2D eigenvalue weighted by Crippen LogP contribution is 2.37. The molecule has 0 radical (unpaired) electrons. The molecule has 2 atom stereocenters. The first kappa shape index (κ1) is 21.1. The third-order valence-electron chi connectivity index (χ3n) is 3.70. The molecule has 0 unspecified atom stereocenters. The van der Waals surface area contributed by atoms with E-state index in [1.54, 1.807) is 0 Å². The molecule has 0 saturated carbocycles. The minimum atomic E-state index is -4.69. The summed E-state index contributed by atoms with van der Waals surface area (Å²) < 4.78 is 64.3. The van der Waals surface area contributed by atoms with Crippen LogP contribution in [0.2, 0.25) is 0 Å². The summed E-state index contributed by atoms with van der Waals surface area (Å²) in [5.41, 5.74) is -0.0553. The van der Waals surface area contributed by atoms with Crippen molar-refractivity contribution in [2.75, 3.05) is 25.0 Å². The molecule has 1 aliphatic rings. The maximum absolute atomic E-state index is 13.0. The fourth-order valence-electron chi connectivity index (χ4n) is 2.57. The van der Waals surface area contributed by atoms with Crippen molar-refractivity contribution < 1.29 is 36.6 Å². The fourth-order valence-corrected chi connectivity index (χ4v) is 2.57. The van der Waals surface area contributed by atoms with Crippen LogP contribution in [-0.2, 0) is 9.59 Å². The van der Waals surface area contributed by atoms with Crippen molar-refractivity contribution in [3.05, 3.63) is 29.8 Å². The molecule has 1 aliphatic heterocycles. The zero-order chi connectivity index (χ0) is 18.1. The molecule has 0 bridgehead atoms. The summed E-state index contributed by atoms with van der Waals surface area (Å²) in [7, 11) is 0. The largest absolute Gasteiger partial charge is 0.481 e. The van der Waals surface area contributed by atoms with Crippen LogP contribution in [0.15, 0.2) is 18.2 Å². The van der Waals surface area contributed by atoms with Gasteiger partial charge in [-0.2, -0.15) is 13.2 Å². The van der Waals surface area contributed by atoms with Crippen molar-refractivity contribution in [1.82, 2.24) is 4.90 Å². The molecule has 0 aromatic heterocycles. The maximum atomic E-state index is 13.0. The average molecular weight is 389 g/mol. The molecule has 1 aromatic rings. The minimum Gasteiger partial charge on any atom is -0.481 e. The number of benzene rings is 1. The molecule has 1 aromatic carbocycles. The summed E-state index contributed by atoms with van der Waals surface area (Å²) >= 11 is 0. The van der Waals surface area contributed by atoms with E-state index >= 15 is 0 Å². The zero-order valence-electron chi connectivity index (χ0n) is 12.5. The molecule has 2 rings (SSSR count). The van der Waals surface area contributed by atoms with Gasteiger partial charge in [0.05, 0.1) is 18.4 Å². The Kier molecular flexibility index (Phi) is 6.72. The van der Waals surface area contributed by atoms with Gasteiger partial charge in [-0.1, -0.05) is 0 Å².